The fourth-order valence-corrected chi connectivity index (χ4v) is 6.48. The molecule has 13 heteroatoms. The quantitative estimate of drug-likeness (QED) is 0.166. The first-order valence-corrected chi connectivity index (χ1v) is 17.6. The van der Waals surface area contributed by atoms with Crippen LogP contribution < -0.4 is 16.0 Å². The number of hydrogen-bond acceptors (Lipinski definition) is 9. The second kappa shape index (κ2) is 15.6. The number of hydrogen-bond donors (Lipinski definition) is 4. The number of rotatable bonds is 12. The molecule has 252 valence electrons. The van der Waals surface area contributed by atoms with Gasteiger partial charge < -0.3 is 21.1 Å². The maximum atomic E-state index is 13.2. The summed E-state index contributed by atoms with van der Waals surface area (Å²) in [5, 5.41) is 18.1. The Morgan fingerprint density at radius 1 is 0.812 bits per heavy atom. The van der Waals surface area contributed by atoms with E-state index in [9.17, 15) is 18.0 Å². The van der Waals surface area contributed by atoms with Gasteiger partial charge in [0.2, 0.25) is 10.0 Å². The van der Waals surface area contributed by atoms with Crippen molar-refractivity contribution in [3.05, 3.63) is 107 Å². The van der Waals surface area contributed by atoms with Crippen molar-refractivity contribution in [1.29, 1.82) is 0 Å². The molecule has 0 unspecified atom stereocenters. The number of aliphatic hydroxyl groups excluding tert-OH is 1. The zero-order valence-electron chi connectivity index (χ0n) is 27.4. The van der Waals surface area contributed by atoms with Gasteiger partial charge in [-0.15, -0.1) is 0 Å². The Morgan fingerprint density at radius 2 is 1.44 bits per heavy atom. The molecule has 1 aliphatic rings. The summed E-state index contributed by atoms with van der Waals surface area (Å²) in [7, 11) is -3.18. The number of aromatic nitrogens is 2. The summed E-state index contributed by atoms with van der Waals surface area (Å²) >= 11 is 0. The van der Waals surface area contributed by atoms with Crippen LogP contribution in [0.1, 0.15) is 43.2 Å². The van der Waals surface area contributed by atoms with E-state index in [2.05, 4.69) is 30.8 Å². The maximum absolute atomic E-state index is 13.2. The highest BCUT2D eigenvalue weighted by Crippen LogP contribution is 2.34. The number of piperazine rings is 1. The molecule has 2 aromatic carbocycles. The Hall–Kier alpha value is -4.53. The Labute approximate surface area is 281 Å². The van der Waals surface area contributed by atoms with Gasteiger partial charge in [0.15, 0.2) is 0 Å². The van der Waals surface area contributed by atoms with Gasteiger partial charge in [-0.05, 0) is 77.6 Å². The molecule has 0 radical (unpaired) electrons. The van der Waals surface area contributed by atoms with Crippen molar-refractivity contribution in [2.24, 2.45) is 0 Å². The second-order valence-electron chi connectivity index (χ2n) is 11.8. The van der Waals surface area contributed by atoms with Crippen molar-refractivity contribution in [1.82, 2.24) is 24.5 Å². The van der Waals surface area contributed by atoms with Crippen molar-refractivity contribution in [3.63, 3.8) is 0 Å². The van der Waals surface area contributed by atoms with E-state index in [-0.39, 0.29) is 29.8 Å². The zero-order valence-corrected chi connectivity index (χ0v) is 28.2. The van der Waals surface area contributed by atoms with Gasteiger partial charge in [0.05, 0.1) is 12.9 Å². The number of amides is 2. The number of aliphatic hydroxyl groups is 1. The first-order valence-electron chi connectivity index (χ1n) is 15.7. The van der Waals surface area contributed by atoms with Crippen LogP contribution in [0, 0.1) is 13.8 Å². The Balaban J connectivity index is 1.24. The highest BCUT2D eigenvalue weighted by molar-refractivity contribution is 7.88. The number of anilines is 2. The molecule has 0 spiro atoms. The van der Waals surface area contributed by atoms with Gasteiger partial charge in [-0.3, -0.25) is 24.5 Å². The van der Waals surface area contributed by atoms with Crippen molar-refractivity contribution in [2.45, 2.75) is 26.9 Å². The highest BCUT2D eigenvalue weighted by atomic mass is 32.2. The molecule has 0 aliphatic carbocycles. The number of nitrogens with zero attached hydrogens (tertiary/aromatic N) is 4. The van der Waals surface area contributed by atoms with Gasteiger partial charge in [0.1, 0.15) is 11.4 Å². The third kappa shape index (κ3) is 8.68. The van der Waals surface area contributed by atoms with Gasteiger partial charge in [0.25, 0.3) is 11.8 Å². The molecule has 0 atom stereocenters. The topological polar surface area (TPSA) is 157 Å². The number of sulfonamides is 1. The minimum Gasteiger partial charge on any atom is -0.395 e. The lowest BCUT2D eigenvalue weighted by atomic mass is 9.94. The zero-order chi connectivity index (χ0) is 34.3. The first kappa shape index (κ1) is 34.8. The number of benzene rings is 2. The average molecular weight is 672 g/mol. The van der Waals surface area contributed by atoms with Crippen LogP contribution in [0.15, 0.2) is 73.1 Å². The monoisotopic (exact) mass is 671 g/mol. The Morgan fingerprint density at radius 3 is 2.00 bits per heavy atom. The molecule has 12 nitrogen and oxygen atoms in total. The number of pyridine rings is 2. The molecule has 4 N–H and O–H groups in total. The molecule has 1 aliphatic heterocycles. The van der Waals surface area contributed by atoms with Crippen LogP contribution in [0.4, 0.5) is 11.4 Å². The van der Waals surface area contributed by atoms with E-state index < -0.39 is 10.0 Å². The van der Waals surface area contributed by atoms with Crippen LogP contribution in [0.25, 0.3) is 11.1 Å². The van der Waals surface area contributed by atoms with Crippen molar-refractivity contribution in [3.8, 4) is 11.1 Å². The predicted octanol–water partition coefficient (Wildman–Crippen LogP) is 3.42. The Bertz CT molecular complexity index is 1870. The molecule has 1 saturated heterocycles. The van der Waals surface area contributed by atoms with Gasteiger partial charge in [-0.25, -0.2) is 8.42 Å². The SMILES string of the molecule is Cc1c(NC(=O)c2ccc(CN3CCN(S(C)(=O)=O)CC3)cn2)cccc1-c1cccc(NC(=O)c2cc(CNCCO)ccn2)c1C. The lowest BCUT2D eigenvalue weighted by Gasteiger charge is -2.33. The van der Waals surface area contributed by atoms with Crippen LogP contribution in [0.5, 0.6) is 0 Å². The third-order valence-electron chi connectivity index (χ3n) is 8.39. The predicted molar refractivity (Wildman–Crippen MR) is 186 cm³/mol. The van der Waals surface area contributed by atoms with E-state index in [0.717, 1.165) is 33.4 Å². The normalized spacial score (nSPS) is 14.1. The molecule has 5 rings (SSSR count). The van der Waals surface area contributed by atoms with Crippen molar-refractivity contribution in [2.75, 3.05) is 56.2 Å². The maximum Gasteiger partial charge on any atom is 0.274 e. The van der Waals surface area contributed by atoms with Crippen molar-refractivity contribution < 1.29 is 23.1 Å². The number of nitrogens with one attached hydrogen (secondary N) is 3. The second-order valence-corrected chi connectivity index (χ2v) is 13.8. The third-order valence-corrected chi connectivity index (χ3v) is 9.70. The van der Waals surface area contributed by atoms with Gasteiger partial charge in [-0.1, -0.05) is 30.3 Å². The molecular weight excluding hydrogens is 630 g/mol. The smallest absolute Gasteiger partial charge is 0.274 e. The minimum atomic E-state index is -3.18. The first-order chi connectivity index (χ1) is 23.0. The molecule has 0 saturated carbocycles. The van der Waals surface area contributed by atoms with Gasteiger partial charge >= 0.3 is 0 Å². The summed E-state index contributed by atoms with van der Waals surface area (Å²) in [4.78, 5) is 37.1. The van der Waals surface area contributed by atoms with E-state index in [1.807, 2.05) is 62.4 Å². The molecule has 4 aromatic rings. The van der Waals surface area contributed by atoms with E-state index in [1.165, 1.54) is 10.6 Å². The van der Waals surface area contributed by atoms with E-state index in [0.29, 0.717) is 57.2 Å². The van der Waals surface area contributed by atoms with Gasteiger partial charge in [0, 0.05) is 69.6 Å². The number of carbonyl (C=O) groups is 2. The van der Waals surface area contributed by atoms with Crippen molar-refractivity contribution >= 4 is 33.2 Å². The van der Waals surface area contributed by atoms with Crippen LogP contribution in [0.3, 0.4) is 0 Å². The van der Waals surface area contributed by atoms with E-state index >= 15 is 0 Å². The lowest BCUT2D eigenvalue weighted by molar-refractivity contribution is 0.101. The van der Waals surface area contributed by atoms with Crippen LogP contribution in [0.2, 0.25) is 0 Å². The van der Waals surface area contributed by atoms with Crippen LogP contribution >= 0.6 is 0 Å². The molecule has 48 heavy (non-hydrogen) atoms. The molecule has 3 heterocycles. The molecule has 0 bridgehead atoms. The largest absolute Gasteiger partial charge is 0.395 e. The molecule has 2 aromatic heterocycles. The summed E-state index contributed by atoms with van der Waals surface area (Å²) in [5.74, 6) is -0.660. The fourth-order valence-electron chi connectivity index (χ4n) is 5.65. The summed E-state index contributed by atoms with van der Waals surface area (Å²) in [6, 6.07) is 18.5. The van der Waals surface area contributed by atoms with E-state index in [1.54, 1.807) is 24.5 Å². The van der Waals surface area contributed by atoms with Crippen LogP contribution in [-0.4, -0.2) is 90.1 Å². The molecular formula is C35H41N7O5S. The highest BCUT2D eigenvalue weighted by Gasteiger charge is 2.23. The summed E-state index contributed by atoms with van der Waals surface area (Å²) in [6.07, 6.45) is 4.51. The summed E-state index contributed by atoms with van der Waals surface area (Å²) in [5.41, 5.74) is 7.27. The Kier molecular flexibility index (Phi) is 11.3. The molecule has 2 amide bonds. The van der Waals surface area contributed by atoms with Crippen LogP contribution in [-0.2, 0) is 23.1 Å². The fraction of sp³-hybridized carbons (Fsp3) is 0.314. The summed E-state index contributed by atoms with van der Waals surface area (Å²) < 4.78 is 25.0. The minimum absolute atomic E-state index is 0.0338. The standard InChI is InChI=1S/C35H41N7O5S/c1-24-28(29-7-5-9-31(25(29)2)40-35(45)33-20-26(12-13-37-33)21-36-14-19-43)6-4-8-30(24)39-34(44)32-11-10-27(22-38-32)23-41-15-17-42(18-16-41)48(3,46)47/h4-13,20,22,36,43H,14-19,21,23H2,1-3H3,(H,39,44)(H,40,45). The summed E-state index contributed by atoms with van der Waals surface area (Å²) in [6.45, 7) is 7.70. The average Bonchev–Trinajstić information content (AvgIpc) is 3.07. The lowest BCUT2D eigenvalue weighted by Crippen LogP contribution is -2.47. The van der Waals surface area contributed by atoms with E-state index in [4.69, 9.17) is 5.11 Å². The van der Waals surface area contributed by atoms with Gasteiger partial charge in [-0.2, -0.15) is 4.31 Å². The number of carbonyl (C=O) groups excluding carboxylic acids is 2. The molecule has 1 fully saturated rings.